The minimum Gasteiger partial charge on any atom is -1.00 e. The van der Waals surface area contributed by atoms with Crippen LogP contribution >= 0.6 is 0 Å². The Morgan fingerprint density at radius 2 is 0.909 bits per heavy atom. The number of halogens is 4. The molecule has 0 radical (unpaired) electrons. The minimum atomic E-state index is -6.00. The van der Waals surface area contributed by atoms with Gasteiger partial charge in [-0.3, -0.25) is 0 Å². The van der Waals surface area contributed by atoms with Gasteiger partial charge in [-0.1, -0.05) is 0 Å². The van der Waals surface area contributed by atoms with E-state index in [9.17, 15) is 17.3 Å². The first kappa shape index (κ1) is 18.3. The molecule has 11 heavy (non-hydrogen) atoms. The van der Waals surface area contributed by atoms with Gasteiger partial charge in [-0.05, 0) is 0 Å². The fourth-order valence-electron chi connectivity index (χ4n) is 0. The zero-order chi connectivity index (χ0) is 9.00. The average Bonchev–Trinajstić information content (AvgIpc) is 1.12. The molecule has 4 N–H and O–H groups in total. The van der Waals surface area contributed by atoms with Gasteiger partial charge in [-0.2, -0.15) is 0 Å². The van der Waals surface area contributed by atoms with Crippen molar-refractivity contribution in [1.82, 2.24) is 0 Å². The number of hydrogen-bond acceptors (Lipinski definition) is 4. The van der Waals surface area contributed by atoms with Crippen molar-refractivity contribution in [3.63, 3.8) is 0 Å². The van der Waals surface area contributed by atoms with Gasteiger partial charge in [0.25, 0.3) is 0 Å². The van der Waals surface area contributed by atoms with Crippen LogP contribution in [0.5, 0.6) is 0 Å². The van der Waals surface area contributed by atoms with Crippen molar-refractivity contribution in [2.75, 3.05) is 0 Å². The molecule has 0 unspecified atom stereocenters. The Labute approximate surface area is 104 Å². The Kier molecular flexibility index (Phi) is 11.5. The summed E-state index contributed by atoms with van der Waals surface area (Å²) in [5, 5.41) is 0. The third-order valence-electron chi connectivity index (χ3n) is 0. The van der Waals surface area contributed by atoms with Crippen LogP contribution in [0.2, 0.25) is 0 Å². The molecule has 0 atom stereocenters. The second-order valence-electron chi connectivity index (χ2n) is 1.09. The van der Waals surface area contributed by atoms with Gasteiger partial charge < -0.3 is 37.9 Å². The fourth-order valence-corrected chi connectivity index (χ4v) is 0. The van der Waals surface area contributed by atoms with Crippen molar-refractivity contribution in [2.24, 2.45) is 0 Å². The SMILES string of the molecule is F[B-](F)(F)F.O[Si](O)(O)O.[H-].[K+]. The molecule has 0 bridgehead atoms. The summed E-state index contributed by atoms with van der Waals surface area (Å²) in [5.41, 5.74) is 0. The molecule has 66 valence electrons. The maximum atomic E-state index is 9.75. The molecule has 4 nitrogen and oxygen atoms in total. The van der Waals surface area contributed by atoms with E-state index in [1.807, 2.05) is 0 Å². The standard InChI is InChI=1S/BF4.K.H4O4Si.H/c2-1(3,4)5;;1-5(2,3)4;/h;;1-4H;/q-1;+1;;-1. The second-order valence-corrected chi connectivity index (χ2v) is 2.29. The van der Waals surface area contributed by atoms with Gasteiger partial charge in [-0.15, -0.1) is 0 Å². The zero-order valence-corrected chi connectivity index (χ0v) is 9.50. The third kappa shape index (κ3) is 472. The molecule has 0 aliphatic heterocycles. The third-order valence-corrected chi connectivity index (χ3v) is 0. The number of rotatable bonds is 0. The van der Waals surface area contributed by atoms with Crippen LogP contribution in [0.1, 0.15) is 1.43 Å². The van der Waals surface area contributed by atoms with Crippen LogP contribution in [0, 0.1) is 0 Å². The van der Waals surface area contributed by atoms with Gasteiger partial charge in [0, 0.05) is 0 Å². The Morgan fingerprint density at radius 1 is 0.909 bits per heavy atom. The van der Waals surface area contributed by atoms with Gasteiger partial charge in [-0.25, -0.2) is 0 Å². The van der Waals surface area contributed by atoms with Crippen LogP contribution in [0.3, 0.4) is 0 Å². The van der Waals surface area contributed by atoms with Gasteiger partial charge in [0.05, 0.1) is 0 Å². The zero-order valence-electron chi connectivity index (χ0n) is 6.38. The molecule has 0 aromatic heterocycles. The molecule has 11 heteroatoms. The van der Waals surface area contributed by atoms with Crippen molar-refractivity contribution >= 4 is 16.3 Å². The van der Waals surface area contributed by atoms with Gasteiger partial charge in [0.2, 0.25) is 0 Å². The van der Waals surface area contributed by atoms with E-state index in [1.165, 1.54) is 0 Å². The van der Waals surface area contributed by atoms with Gasteiger partial charge in [0.1, 0.15) is 0 Å². The quantitative estimate of drug-likeness (QED) is 0.248. The molecule has 0 saturated heterocycles. The first-order valence-electron chi connectivity index (χ1n) is 1.77. The first-order valence-corrected chi connectivity index (χ1v) is 3.56. The second kappa shape index (κ2) is 6.94. The van der Waals surface area contributed by atoms with E-state index in [0.717, 1.165) is 0 Å². The molecule has 0 amide bonds. The van der Waals surface area contributed by atoms with E-state index in [4.69, 9.17) is 19.2 Å². The molecule has 0 fully saturated rings. The largest absolute Gasteiger partial charge is 1.00 e. The summed E-state index contributed by atoms with van der Waals surface area (Å²) in [7, 11) is -10.6. The van der Waals surface area contributed by atoms with Crippen molar-refractivity contribution < 1.29 is 89.3 Å². The van der Waals surface area contributed by atoms with Crippen LogP contribution < -0.4 is 51.4 Å². The molecule has 0 aliphatic rings. The molecular weight excluding hydrogens is 218 g/mol. The summed E-state index contributed by atoms with van der Waals surface area (Å²) in [6.45, 7) is 0. The summed E-state index contributed by atoms with van der Waals surface area (Å²) in [5.74, 6) is 0. The van der Waals surface area contributed by atoms with Crippen molar-refractivity contribution in [3.05, 3.63) is 0 Å². The van der Waals surface area contributed by atoms with E-state index in [0.29, 0.717) is 0 Å². The van der Waals surface area contributed by atoms with Gasteiger partial charge >= 0.3 is 67.7 Å². The first-order chi connectivity index (χ1) is 4.00. The van der Waals surface area contributed by atoms with Crippen LogP contribution in [-0.2, 0) is 0 Å². The van der Waals surface area contributed by atoms with E-state index in [1.54, 1.807) is 0 Å². The van der Waals surface area contributed by atoms with Crippen molar-refractivity contribution in [1.29, 1.82) is 0 Å². The molecular formula is H5BF4KO4Si-. The predicted molar refractivity (Wildman–Crippen MR) is 25.9 cm³/mol. The van der Waals surface area contributed by atoms with Crippen LogP contribution in [0.4, 0.5) is 17.3 Å². The summed E-state index contributed by atoms with van der Waals surface area (Å²) in [6, 6.07) is 0. The maximum Gasteiger partial charge on any atom is 1.00 e. The molecule has 0 rings (SSSR count). The normalized spacial score (nSPS) is 10.9. The average molecular weight is 223 g/mol. The van der Waals surface area contributed by atoms with Crippen LogP contribution in [0.25, 0.3) is 0 Å². The van der Waals surface area contributed by atoms with Crippen molar-refractivity contribution in [2.45, 2.75) is 0 Å². The van der Waals surface area contributed by atoms with Gasteiger partial charge in [0.15, 0.2) is 0 Å². The molecule has 0 aliphatic carbocycles. The Balaban J connectivity index is -0.0000000457. The Bertz CT molecular complexity index is 70.0. The molecule has 0 heterocycles. The van der Waals surface area contributed by atoms with Crippen molar-refractivity contribution in [3.8, 4) is 0 Å². The van der Waals surface area contributed by atoms with E-state index >= 15 is 0 Å². The monoisotopic (exact) mass is 223 g/mol. The number of hydrogen-bond donors (Lipinski definition) is 4. The summed E-state index contributed by atoms with van der Waals surface area (Å²) < 4.78 is 39.0. The summed E-state index contributed by atoms with van der Waals surface area (Å²) >= 11 is 0. The van der Waals surface area contributed by atoms with Crippen LogP contribution in [-0.4, -0.2) is 35.5 Å². The Morgan fingerprint density at radius 3 is 0.909 bits per heavy atom. The van der Waals surface area contributed by atoms with E-state index in [2.05, 4.69) is 0 Å². The molecule has 0 spiro atoms. The van der Waals surface area contributed by atoms with Crippen LogP contribution in [0.15, 0.2) is 0 Å². The molecule has 0 aromatic rings. The smallest absolute Gasteiger partial charge is 1.00 e. The predicted octanol–water partition coefficient (Wildman–Crippen LogP) is -4.19. The summed E-state index contributed by atoms with van der Waals surface area (Å²) in [4.78, 5) is 29.3. The fraction of sp³-hybridized carbons (Fsp3) is 0. The topological polar surface area (TPSA) is 80.9 Å². The van der Waals surface area contributed by atoms with E-state index < -0.39 is 16.3 Å². The molecule has 0 aromatic carbocycles. The maximum absolute atomic E-state index is 9.75. The summed E-state index contributed by atoms with van der Waals surface area (Å²) in [6.07, 6.45) is 0. The molecule has 0 saturated carbocycles. The Hall–Kier alpha value is 1.48. The minimum absolute atomic E-state index is 0. The van der Waals surface area contributed by atoms with E-state index in [-0.39, 0.29) is 52.8 Å².